The van der Waals surface area contributed by atoms with E-state index in [1.54, 1.807) is 0 Å². The summed E-state index contributed by atoms with van der Waals surface area (Å²) in [6, 6.07) is 0. The van der Waals surface area contributed by atoms with Crippen LogP contribution in [-0.2, 0) is 11.2 Å². The van der Waals surface area contributed by atoms with Gasteiger partial charge in [0.1, 0.15) is 10.7 Å². The van der Waals surface area contributed by atoms with Crippen LogP contribution in [0.1, 0.15) is 40.6 Å². The molecule has 7 heteroatoms. The van der Waals surface area contributed by atoms with Crippen LogP contribution in [0, 0.1) is 13.8 Å². The molecule has 2 rings (SSSR count). The van der Waals surface area contributed by atoms with Gasteiger partial charge in [-0.05, 0) is 19.4 Å². The lowest BCUT2D eigenvalue weighted by molar-refractivity contribution is -0.118. The van der Waals surface area contributed by atoms with Gasteiger partial charge in [0.25, 0.3) is 5.91 Å². The molecule has 2 heterocycles. The molecule has 0 aromatic carbocycles. The van der Waals surface area contributed by atoms with Crippen molar-refractivity contribution in [1.29, 1.82) is 0 Å². The van der Waals surface area contributed by atoms with Gasteiger partial charge in [0.2, 0.25) is 5.91 Å². The van der Waals surface area contributed by atoms with E-state index in [1.807, 2.05) is 20.8 Å². The van der Waals surface area contributed by atoms with E-state index >= 15 is 0 Å². The second-order valence-corrected chi connectivity index (χ2v) is 6.05. The first-order chi connectivity index (χ1) is 10.4. The smallest absolute Gasteiger partial charge is 0.261 e. The summed E-state index contributed by atoms with van der Waals surface area (Å²) in [4.78, 5) is 33.6. The Morgan fingerprint density at radius 1 is 1.14 bits per heavy atom. The summed E-state index contributed by atoms with van der Waals surface area (Å²) in [5.41, 5.74) is 1.82. The number of carbonyl (C=O) groups is 2. The highest BCUT2D eigenvalue weighted by atomic mass is 32.1. The maximum atomic E-state index is 12.3. The van der Waals surface area contributed by atoms with Gasteiger partial charge in [-0.1, -0.05) is 6.92 Å². The van der Waals surface area contributed by atoms with Crippen LogP contribution < -0.4 is 10.6 Å². The highest BCUT2D eigenvalue weighted by Gasteiger charge is 2.18. The van der Waals surface area contributed by atoms with Gasteiger partial charge in [-0.25, -0.2) is 9.97 Å². The molecule has 22 heavy (non-hydrogen) atoms. The van der Waals surface area contributed by atoms with E-state index in [1.165, 1.54) is 18.3 Å². The fraction of sp³-hybridized carbons (Fsp3) is 0.467. The molecular formula is C15H20N4O2S. The number of fused-ring (bicyclic) bond motifs is 1. The van der Waals surface area contributed by atoms with Crippen LogP contribution in [-0.4, -0.2) is 34.9 Å². The molecule has 118 valence electrons. The first-order valence-corrected chi connectivity index (χ1v) is 8.05. The summed E-state index contributed by atoms with van der Waals surface area (Å²) in [6.45, 7) is 8.15. The van der Waals surface area contributed by atoms with Crippen LogP contribution in [0.3, 0.4) is 0 Å². The Morgan fingerprint density at radius 3 is 2.45 bits per heavy atom. The number of rotatable bonds is 5. The van der Waals surface area contributed by atoms with Crippen molar-refractivity contribution in [2.75, 3.05) is 13.1 Å². The number of amides is 2. The minimum atomic E-state index is -0.136. The second-order valence-electron chi connectivity index (χ2n) is 5.05. The van der Waals surface area contributed by atoms with Crippen molar-refractivity contribution in [2.45, 2.75) is 34.1 Å². The molecule has 0 fully saturated rings. The Morgan fingerprint density at radius 2 is 1.82 bits per heavy atom. The lowest BCUT2D eigenvalue weighted by atomic mass is 10.1. The molecule has 2 aromatic rings. The largest absolute Gasteiger partial charge is 0.355 e. The number of hydrogen-bond donors (Lipinski definition) is 2. The van der Waals surface area contributed by atoms with Crippen molar-refractivity contribution in [3.63, 3.8) is 0 Å². The standard InChI is InChI=1S/C15H20N4O2S/c1-5-11-18-9(3)12-8(2)13(22-15(12)19-11)14(21)17-7-6-16-10(4)20/h5-7H2,1-4H3,(H,16,20)(H,17,21). The lowest BCUT2D eigenvalue weighted by Gasteiger charge is -2.05. The monoisotopic (exact) mass is 320 g/mol. The SMILES string of the molecule is CCc1nc(C)c2c(C)c(C(=O)NCCNC(C)=O)sc2n1. The zero-order valence-electron chi connectivity index (χ0n) is 13.2. The number of carbonyl (C=O) groups excluding carboxylic acids is 2. The zero-order chi connectivity index (χ0) is 16.3. The number of nitrogens with zero attached hydrogens (tertiary/aromatic N) is 2. The Kier molecular flexibility index (Phi) is 5.07. The van der Waals surface area contributed by atoms with E-state index in [0.29, 0.717) is 18.0 Å². The number of aromatic nitrogens is 2. The Hall–Kier alpha value is -2.02. The van der Waals surface area contributed by atoms with Crippen molar-refractivity contribution in [3.05, 3.63) is 22.0 Å². The molecule has 2 N–H and O–H groups in total. The number of aryl methyl sites for hydroxylation is 3. The molecule has 2 aromatic heterocycles. The topological polar surface area (TPSA) is 84.0 Å². The molecule has 0 radical (unpaired) electrons. The third kappa shape index (κ3) is 3.41. The number of thiophene rings is 1. The maximum Gasteiger partial charge on any atom is 0.261 e. The van der Waals surface area contributed by atoms with Crippen LogP contribution in [0.5, 0.6) is 0 Å². The molecule has 0 bridgehead atoms. The minimum Gasteiger partial charge on any atom is -0.355 e. The molecule has 0 unspecified atom stereocenters. The maximum absolute atomic E-state index is 12.3. The van der Waals surface area contributed by atoms with Gasteiger partial charge in [0, 0.05) is 37.5 Å². The Balaban J connectivity index is 2.21. The predicted octanol–water partition coefficient (Wildman–Crippen LogP) is 1.74. The third-order valence-electron chi connectivity index (χ3n) is 3.32. The number of hydrogen-bond acceptors (Lipinski definition) is 5. The summed E-state index contributed by atoms with van der Waals surface area (Å²) in [6.07, 6.45) is 0.770. The van der Waals surface area contributed by atoms with Crippen LogP contribution >= 0.6 is 11.3 Å². The molecule has 0 aliphatic carbocycles. The van der Waals surface area contributed by atoms with Gasteiger partial charge in [-0.15, -0.1) is 11.3 Å². The third-order valence-corrected chi connectivity index (χ3v) is 4.51. The molecule has 0 saturated carbocycles. The highest BCUT2D eigenvalue weighted by molar-refractivity contribution is 7.20. The first-order valence-electron chi connectivity index (χ1n) is 7.23. The first kappa shape index (κ1) is 16.4. The molecular weight excluding hydrogens is 300 g/mol. The predicted molar refractivity (Wildman–Crippen MR) is 87.3 cm³/mol. The van der Waals surface area contributed by atoms with Crippen molar-refractivity contribution in [3.8, 4) is 0 Å². The number of nitrogens with one attached hydrogen (secondary N) is 2. The van der Waals surface area contributed by atoms with E-state index < -0.39 is 0 Å². The average Bonchev–Trinajstić information content (AvgIpc) is 2.80. The quantitative estimate of drug-likeness (QED) is 0.822. The van der Waals surface area contributed by atoms with Crippen LogP contribution in [0.15, 0.2) is 0 Å². The summed E-state index contributed by atoms with van der Waals surface area (Å²) >= 11 is 1.39. The summed E-state index contributed by atoms with van der Waals surface area (Å²) in [7, 11) is 0. The lowest BCUT2D eigenvalue weighted by Crippen LogP contribution is -2.33. The fourth-order valence-corrected chi connectivity index (χ4v) is 3.43. The van der Waals surface area contributed by atoms with Crippen molar-refractivity contribution in [2.24, 2.45) is 0 Å². The summed E-state index contributed by atoms with van der Waals surface area (Å²) < 4.78 is 0. The average molecular weight is 320 g/mol. The molecule has 6 nitrogen and oxygen atoms in total. The fourth-order valence-electron chi connectivity index (χ4n) is 2.26. The minimum absolute atomic E-state index is 0.106. The van der Waals surface area contributed by atoms with E-state index in [-0.39, 0.29) is 11.8 Å². The molecule has 0 aliphatic heterocycles. The van der Waals surface area contributed by atoms with Crippen LogP contribution in [0.25, 0.3) is 10.2 Å². The molecule has 0 aliphatic rings. The Bertz CT molecular complexity index is 724. The van der Waals surface area contributed by atoms with E-state index in [0.717, 1.165) is 33.7 Å². The molecule has 0 saturated heterocycles. The van der Waals surface area contributed by atoms with Gasteiger partial charge < -0.3 is 10.6 Å². The molecule has 0 atom stereocenters. The molecule has 0 spiro atoms. The van der Waals surface area contributed by atoms with Crippen molar-refractivity contribution < 1.29 is 9.59 Å². The van der Waals surface area contributed by atoms with E-state index in [9.17, 15) is 9.59 Å². The normalized spacial score (nSPS) is 10.7. The van der Waals surface area contributed by atoms with Crippen molar-refractivity contribution >= 4 is 33.4 Å². The zero-order valence-corrected chi connectivity index (χ0v) is 14.1. The van der Waals surface area contributed by atoms with Gasteiger partial charge in [0.15, 0.2) is 0 Å². The molecule has 2 amide bonds. The van der Waals surface area contributed by atoms with Crippen LogP contribution in [0.2, 0.25) is 0 Å². The highest BCUT2D eigenvalue weighted by Crippen LogP contribution is 2.31. The van der Waals surface area contributed by atoms with Crippen LogP contribution in [0.4, 0.5) is 0 Å². The van der Waals surface area contributed by atoms with Gasteiger partial charge in [-0.2, -0.15) is 0 Å². The van der Waals surface area contributed by atoms with E-state index in [2.05, 4.69) is 20.6 Å². The van der Waals surface area contributed by atoms with Gasteiger partial charge >= 0.3 is 0 Å². The Labute approximate surface area is 133 Å². The van der Waals surface area contributed by atoms with Gasteiger partial charge in [-0.3, -0.25) is 9.59 Å². The second kappa shape index (κ2) is 6.83. The van der Waals surface area contributed by atoms with Crippen molar-refractivity contribution in [1.82, 2.24) is 20.6 Å². The van der Waals surface area contributed by atoms with Gasteiger partial charge in [0.05, 0.1) is 4.88 Å². The van der Waals surface area contributed by atoms with E-state index in [4.69, 9.17) is 0 Å². The summed E-state index contributed by atoms with van der Waals surface area (Å²) in [5, 5.41) is 6.42. The summed E-state index contributed by atoms with van der Waals surface area (Å²) in [5.74, 6) is 0.553.